The average molecular weight is 490 g/mol. The summed E-state index contributed by atoms with van der Waals surface area (Å²) in [6.45, 7) is 0. The Morgan fingerprint density at radius 2 is 1.77 bits per heavy atom. The second-order valence-electron chi connectivity index (χ2n) is 7.85. The number of fused-ring (bicyclic) bond motifs is 1. The number of aromatic amines is 1. The van der Waals surface area contributed by atoms with Gasteiger partial charge in [0, 0.05) is 16.6 Å². The van der Waals surface area contributed by atoms with E-state index in [0.29, 0.717) is 17.1 Å². The van der Waals surface area contributed by atoms with E-state index in [1.807, 2.05) is 24.3 Å². The van der Waals surface area contributed by atoms with Gasteiger partial charge in [-0.3, -0.25) is 14.8 Å². The van der Waals surface area contributed by atoms with E-state index in [9.17, 15) is 19.1 Å². The van der Waals surface area contributed by atoms with E-state index in [2.05, 4.69) is 4.98 Å². The molecule has 0 bridgehead atoms. The van der Waals surface area contributed by atoms with Crippen molar-refractivity contribution in [2.45, 2.75) is 16.6 Å². The van der Waals surface area contributed by atoms with Crippen LogP contribution in [0.1, 0.15) is 22.8 Å². The van der Waals surface area contributed by atoms with Gasteiger partial charge in [0.1, 0.15) is 17.1 Å². The van der Waals surface area contributed by atoms with Gasteiger partial charge in [0.2, 0.25) is 5.88 Å². The molecule has 0 saturated carbocycles. The van der Waals surface area contributed by atoms with Gasteiger partial charge in [-0.25, -0.2) is 13.8 Å². The number of nitrogens with one attached hydrogen (secondary N) is 1. The summed E-state index contributed by atoms with van der Waals surface area (Å²) in [6.07, 6.45) is 0.256. The lowest BCUT2D eigenvalue weighted by Gasteiger charge is -2.18. The average Bonchev–Trinajstić information content (AvgIpc) is 3.04. The second kappa shape index (κ2) is 9.27. The van der Waals surface area contributed by atoms with Crippen LogP contribution in [-0.2, 0) is 0 Å². The van der Waals surface area contributed by atoms with Crippen LogP contribution in [0, 0.1) is 5.82 Å². The summed E-state index contributed by atoms with van der Waals surface area (Å²) < 4.78 is 19.9. The molecule has 1 aromatic heterocycles. The Hall–Kier alpha value is -4.11. The molecule has 176 valence electrons. The Morgan fingerprint density at radius 1 is 1.06 bits per heavy atom. The van der Waals surface area contributed by atoms with Gasteiger partial charge in [-0.05, 0) is 42.0 Å². The van der Waals surface area contributed by atoms with Crippen molar-refractivity contribution >= 4 is 23.2 Å². The van der Waals surface area contributed by atoms with Crippen LogP contribution in [0.25, 0.3) is 5.69 Å². The zero-order valence-corrected chi connectivity index (χ0v) is 19.4. The van der Waals surface area contributed by atoms with E-state index >= 15 is 0 Å². The highest BCUT2D eigenvalue weighted by molar-refractivity contribution is 7.99. The number of aliphatic imine (C=N–C) groups is 1. The van der Waals surface area contributed by atoms with E-state index in [-0.39, 0.29) is 28.7 Å². The lowest BCUT2D eigenvalue weighted by molar-refractivity contribution is 0.401. The summed E-state index contributed by atoms with van der Waals surface area (Å²) in [5.41, 5.74) is 0.383. The Labute approximate surface area is 203 Å². The summed E-state index contributed by atoms with van der Waals surface area (Å²) in [5.74, 6) is -0.542. The van der Waals surface area contributed by atoms with Crippen LogP contribution in [0.2, 0.25) is 0 Å². The molecule has 0 aliphatic carbocycles. The minimum absolute atomic E-state index is 0.111. The molecule has 1 aliphatic rings. The minimum Gasteiger partial charge on any atom is -0.495 e. The van der Waals surface area contributed by atoms with Crippen molar-refractivity contribution in [3.05, 3.63) is 111 Å². The van der Waals surface area contributed by atoms with Crippen LogP contribution in [0.3, 0.4) is 0 Å². The largest absolute Gasteiger partial charge is 0.495 e. The monoisotopic (exact) mass is 489 g/mol. The summed E-state index contributed by atoms with van der Waals surface area (Å²) in [5, 5.41) is 11.0. The molecule has 2 heterocycles. The molecule has 1 aliphatic heterocycles. The first-order chi connectivity index (χ1) is 17.0. The second-order valence-corrected chi connectivity index (χ2v) is 9.10. The van der Waals surface area contributed by atoms with Crippen molar-refractivity contribution in [2.75, 3.05) is 7.11 Å². The van der Waals surface area contributed by atoms with Crippen molar-refractivity contribution < 1.29 is 14.2 Å². The number of para-hydroxylation sites is 3. The fourth-order valence-corrected chi connectivity index (χ4v) is 5.29. The van der Waals surface area contributed by atoms with Crippen LogP contribution in [0.15, 0.2) is 92.3 Å². The zero-order chi connectivity index (χ0) is 24.5. The molecule has 0 spiro atoms. The number of nitrogens with zero attached hydrogens (tertiary/aromatic N) is 2. The lowest BCUT2D eigenvalue weighted by atomic mass is 10.0. The van der Waals surface area contributed by atoms with Gasteiger partial charge in [0.05, 0.1) is 24.2 Å². The minimum atomic E-state index is -0.806. The first kappa shape index (κ1) is 22.7. The highest BCUT2D eigenvalue weighted by Gasteiger charge is 2.28. The maximum Gasteiger partial charge on any atom is 0.335 e. The van der Waals surface area contributed by atoms with Gasteiger partial charge in [-0.15, -0.1) is 11.8 Å². The van der Waals surface area contributed by atoms with Crippen LogP contribution in [-0.4, -0.2) is 27.5 Å². The predicted octanol–water partition coefficient (Wildman–Crippen LogP) is 4.74. The Bertz CT molecular complexity index is 1560. The number of hydrogen-bond donors (Lipinski definition) is 2. The van der Waals surface area contributed by atoms with Gasteiger partial charge in [0.15, 0.2) is 0 Å². The van der Waals surface area contributed by atoms with Gasteiger partial charge in [0.25, 0.3) is 5.56 Å². The maximum absolute atomic E-state index is 13.6. The molecule has 7 nitrogen and oxygen atoms in total. The third-order valence-corrected chi connectivity index (χ3v) is 7.03. The predicted molar refractivity (Wildman–Crippen MR) is 133 cm³/mol. The topological polar surface area (TPSA) is 96.7 Å². The third-order valence-electron chi connectivity index (χ3n) is 5.71. The zero-order valence-electron chi connectivity index (χ0n) is 18.6. The van der Waals surface area contributed by atoms with E-state index in [4.69, 9.17) is 9.73 Å². The molecule has 9 heteroatoms. The molecule has 0 saturated heterocycles. The Balaban J connectivity index is 1.72. The van der Waals surface area contributed by atoms with Crippen LogP contribution >= 0.6 is 11.8 Å². The molecule has 4 aromatic rings. The lowest BCUT2D eigenvalue weighted by Crippen LogP contribution is -2.33. The number of halogens is 1. The van der Waals surface area contributed by atoms with Crippen LogP contribution in [0.4, 0.5) is 10.1 Å². The van der Waals surface area contributed by atoms with E-state index in [1.54, 1.807) is 36.4 Å². The molecule has 1 unspecified atom stereocenters. The Kier molecular flexibility index (Phi) is 6.00. The molecular weight excluding hydrogens is 469 g/mol. The molecule has 5 rings (SSSR count). The Morgan fingerprint density at radius 3 is 2.54 bits per heavy atom. The maximum atomic E-state index is 13.6. The molecule has 1 atom stereocenters. The highest BCUT2D eigenvalue weighted by Crippen LogP contribution is 2.45. The fourth-order valence-electron chi connectivity index (χ4n) is 4.06. The number of ether oxygens (including phenoxy) is 1. The number of rotatable bonds is 4. The van der Waals surface area contributed by atoms with Crippen molar-refractivity contribution in [1.82, 2.24) is 9.55 Å². The summed E-state index contributed by atoms with van der Waals surface area (Å²) >= 11 is 1.54. The SMILES string of the molecule is COc1ccccc1-n1c(O)c(C2=Nc3ccccc3SC(c3ccc(F)cc3)C2)c(=O)[nH]c1=O. The van der Waals surface area contributed by atoms with Gasteiger partial charge in [-0.1, -0.05) is 36.4 Å². The summed E-state index contributed by atoms with van der Waals surface area (Å²) in [4.78, 5) is 33.7. The fraction of sp³-hybridized carbons (Fsp3) is 0.115. The summed E-state index contributed by atoms with van der Waals surface area (Å²) in [6, 6.07) is 20.3. The molecular formula is C26H20FN3O4S. The van der Waals surface area contributed by atoms with Gasteiger partial charge in [-0.2, -0.15) is 0 Å². The first-order valence-electron chi connectivity index (χ1n) is 10.8. The third kappa shape index (κ3) is 4.26. The molecule has 0 radical (unpaired) electrons. The molecule has 0 fully saturated rings. The number of methoxy groups -OCH3 is 1. The standard InChI is InChI=1S/C26H20FN3O4S/c1-34-20-8-4-3-7-19(20)30-25(32)23(24(31)29-26(30)33)18-14-22(15-10-12-16(27)13-11-15)35-21-9-5-2-6-17(21)28-18/h2-13,22,32H,14H2,1H3,(H,29,31,33). The number of thioether (sulfide) groups is 1. The van der Waals surface area contributed by atoms with Gasteiger partial charge < -0.3 is 9.84 Å². The normalized spacial score (nSPS) is 15.1. The van der Waals surface area contributed by atoms with Crippen molar-refractivity contribution in [3.63, 3.8) is 0 Å². The van der Waals surface area contributed by atoms with E-state index in [1.165, 1.54) is 31.0 Å². The number of H-pyrrole nitrogens is 1. The van der Waals surface area contributed by atoms with Crippen molar-refractivity contribution in [2.24, 2.45) is 4.99 Å². The van der Waals surface area contributed by atoms with E-state index in [0.717, 1.165) is 15.0 Å². The molecule has 2 N–H and O–H groups in total. The number of hydrogen-bond acceptors (Lipinski definition) is 6. The number of aromatic nitrogens is 2. The van der Waals surface area contributed by atoms with Gasteiger partial charge >= 0.3 is 5.69 Å². The summed E-state index contributed by atoms with van der Waals surface area (Å²) in [7, 11) is 1.45. The van der Waals surface area contributed by atoms with Crippen molar-refractivity contribution in [3.8, 4) is 17.3 Å². The first-order valence-corrected chi connectivity index (χ1v) is 11.6. The van der Waals surface area contributed by atoms with Crippen molar-refractivity contribution in [1.29, 1.82) is 0 Å². The number of benzene rings is 3. The highest BCUT2D eigenvalue weighted by atomic mass is 32.2. The van der Waals surface area contributed by atoms with Crippen LogP contribution < -0.4 is 16.0 Å². The van der Waals surface area contributed by atoms with Crippen LogP contribution in [0.5, 0.6) is 11.6 Å². The number of aromatic hydroxyl groups is 1. The smallest absolute Gasteiger partial charge is 0.335 e. The quantitative estimate of drug-likeness (QED) is 0.432. The molecule has 3 aromatic carbocycles. The molecule has 35 heavy (non-hydrogen) atoms. The van der Waals surface area contributed by atoms with E-state index < -0.39 is 17.1 Å². The molecule has 0 amide bonds.